The van der Waals surface area contributed by atoms with Crippen LogP contribution in [0, 0.1) is 6.92 Å². The molecule has 0 radical (unpaired) electrons. The van der Waals surface area contributed by atoms with Gasteiger partial charge < -0.3 is 10.4 Å². The van der Waals surface area contributed by atoms with Gasteiger partial charge in [0.05, 0.1) is 5.56 Å². The third-order valence-electron chi connectivity index (χ3n) is 2.18. The van der Waals surface area contributed by atoms with Gasteiger partial charge in [-0.05, 0) is 38.5 Å². The maximum absolute atomic E-state index is 11.8. The van der Waals surface area contributed by atoms with Crippen molar-refractivity contribution in [1.82, 2.24) is 5.32 Å². The van der Waals surface area contributed by atoms with Gasteiger partial charge in [0.2, 0.25) is 0 Å². The number of carbonyl (C=O) groups excluding carboxylic acids is 1. The van der Waals surface area contributed by atoms with Crippen molar-refractivity contribution in [2.24, 2.45) is 0 Å². The fourth-order valence-corrected chi connectivity index (χ4v) is 1.31. The highest BCUT2D eigenvalue weighted by atomic mass is 35.5. The van der Waals surface area contributed by atoms with Gasteiger partial charge in [-0.1, -0.05) is 6.07 Å². The molecule has 4 heteroatoms. The van der Waals surface area contributed by atoms with Crippen LogP contribution in [0.2, 0.25) is 0 Å². The monoisotopic (exact) mass is 241 g/mol. The van der Waals surface area contributed by atoms with E-state index in [9.17, 15) is 9.90 Å². The summed E-state index contributed by atoms with van der Waals surface area (Å²) < 4.78 is 0. The Morgan fingerprint density at radius 2 is 2.12 bits per heavy atom. The number of alkyl halides is 1. The van der Waals surface area contributed by atoms with Crippen LogP contribution in [0.5, 0.6) is 5.75 Å². The molecule has 1 aromatic carbocycles. The summed E-state index contributed by atoms with van der Waals surface area (Å²) in [6.45, 7) is 5.50. The molecule has 16 heavy (non-hydrogen) atoms. The standard InChI is InChI=1S/C12H16ClNO2/c1-8-4-5-9(10(15)6-8)11(16)14-12(2,3)7-13/h4-6,15H,7H2,1-3H3,(H,14,16). The van der Waals surface area contributed by atoms with E-state index < -0.39 is 5.54 Å². The van der Waals surface area contributed by atoms with Crippen molar-refractivity contribution < 1.29 is 9.90 Å². The molecule has 0 unspecified atom stereocenters. The summed E-state index contributed by atoms with van der Waals surface area (Å²) >= 11 is 5.71. The van der Waals surface area contributed by atoms with E-state index in [1.165, 1.54) is 0 Å². The molecule has 0 aliphatic heterocycles. The highest BCUT2D eigenvalue weighted by Gasteiger charge is 2.21. The average molecular weight is 242 g/mol. The molecular weight excluding hydrogens is 226 g/mol. The van der Waals surface area contributed by atoms with Crippen molar-refractivity contribution >= 4 is 17.5 Å². The van der Waals surface area contributed by atoms with Crippen LogP contribution < -0.4 is 5.32 Å². The normalized spacial score (nSPS) is 11.2. The van der Waals surface area contributed by atoms with Crippen molar-refractivity contribution in [1.29, 1.82) is 0 Å². The molecule has 1 amide bonds. The summed E-state index contributed by atoms with van der Waals surface area (Å²) in [5.74, 6) is -0.0169. The van der Waals surface area contributed by atoms with Crippen LogP contribution in [-0.4, -0.2) is 22.4 Å². The first-order chi connectivity index (χ1) is 7.35. The molecule has 1 rings (SSSR count). The van der Waals surface area contributed by atoms with Gasteiger partial charge in [-0.2, -0.15) is 0 Å². The van der Waals surface area contributed by atoms with Crippen molar-refractivity contribution in [2.45, 2.75) is 26.3 Å². The predicted octanol–water partition coefficient (Wildman–Crippen LogP) is 2.45. The Morgan fingerprint density at radius 3 is 2.62 bits per heavy atom. The number of benzene rings is 1. The molecule has 2 N–H and O–H groups in total. The highest BCUT2D eigenvalue weighted by Crippen LogP contribution is 2.19. The molecular formula is C12H16ClNO2. The number of amides is 1. The molecule has 0 aromatic heterocycles. The summed E-state index contributed by atoms with van der Waals surface area (Å²) in [6, 6.07) is 4.94. The van der Waals surface area contributed by atoms with Crippen LogP contribution in [0.1, 0.15) is 29.8 Å². The van der Waals surface area contributed by atoms with Gasteiger partial charge in [-0.15, -0.1) is 11.6 Å². The van der Waals surface area contributed by atoms with Gasteiger partial charge in [0.1, 0.15) is 5.75 Å². The van der Waals surface area contributed by atoms with Gasteiger partial charge in [-0.3, -0.25) is 4.79 Å². The van der Waals surface area contributed by atoms with E-state index in [1.807, 2.05) is 20.8 Å². The van der Waals surface area contributed by atoms with Crippen LogP contribution in [0.4, 0.5) is 0 Å². The SMILES string of the molecule is Cc1ccc(C(=O)NC(C)(C)CCl)c(O)c1. The molecule has 3 nitrogen and oxygen atoms in total. The Balaban J connectivity index is 2.89. The molecule has 1 aromatic rings. The summed E-state index contributed by atoms with van der Waals surface area (Å²) in [5.41, 5.74) is 0.685. The molecule has 0 aliphatic rings. The smallest absolute Gasteiger partial charge is 0.255 e. The number of hydrogen-bond donors (Lipinski definition) is 2. The van der Waals surface area contributed by atoms with Crippen LogP contribution in [0.25, 0.3) is 0 Å². The molecule has 0 saturated heterocycles. The van der Waals surface area contributed by atoms with Crippen molar-refractivity contribution in [2.75, 3.05) is 5.88 Å². The Morgan fingerprint density at radius 1 is 1.50 bits per heavy atom. The minimum atomic E-state index is -0.490. The average Bonchev–Trinajstić information content (AvgIpc) is 2.16. The Bertz CT molecular complexity index is 402. The fraction of sp³-hybridized carbons (Fsp3) is 0.417. The molecule has 0 aliphatic carbocycles. The zero-order valence-electron chi connectivity index (χ0n) is 9.67. The van der Waals surface area contributed by atoms with Gasteiger partial charge in [-0.25, -0.2) is 0 Å². The lowest BCUT2D eigenvalue weighted by Gasteiger charge is -2.23. The summed E-state index contributed by atoms with van der Waals surface area (Å²) in [6.07, 6.45) is 0. The predicted molar refractivity (Wildman–Crippen MR) is 65.1 cm³/mol. The Labute approximate surface area is 100 Å². The summed E-state index contributed by atoms with van der Waals surface area (Å²) in [4.78, 5) is 11.8. The fourth-order valence-electron chi connectivity index (χ4n) is 1.24. The van der Waals surface area contributed by atoms with E-state index in [0.717, 1.165) is 5.56 Å². The van der Waals surface area contributed by atoms with E-state index >= 15 is 0 Å². The van der Waals surface area contributed by atoms with Crippen molar-refractivity contribution in [3.63, 3.8) is 0 Å². The van der Waals surface area contributed by atoms with E-state index in [1.54, 1.807) is 18.2 Å². The Kier molecular flexibility index (Phi) is 3.81. The van der Waals surface area contributed by atoms with Crippen molar-refractivity contribution in [3.05, 3.63) is 29.3 Å². The first-order valence-corrected chi connectivity index (χ1v) is 5.57. The molecule has 0 heterocycles. The van der Waals surface area contributed by atoms with Crippen molar-refractivity contribution in [3.8, 4) is 5.75 Å². The van der Waals surface area contributed by atoms with Gasteiger partial charge in [0.25, 0.3) is 5.91 Å². The van der Waals surface area contributed by atoms with Crippen LogP contribution in [0.15, 0.2) is 18.2 Å². The van der Waals surface area contributed by atoms with Gasteiger partial charge >= 0.3 is 0 Å². The number of halogens is 1. The maximum Gasteiger partial charge on any atom is 0.255 e. The quantitative estimate of drug-likeness (QED) is 0.799. The zero-order chi connectivity index (χ0) is 12.3. The second-order valence-electron chi connectivity index (χ2n) is 4.49. The first kappa shape index (κ1) is 12.8. The minimum absolute atomic E-state index is 0.0112. The number of hydrogen-bond acceptors (Lipinski definition) is 2. The molecule has 88 valence electrons. The van der Waals surface area contributed by atoms with E-state index in [2.05, 4.69) is 5.32 Å². The largest absolute Gasteiger partial charge is 0.507 e. The van der Waals surface area contributed by atoms with E-state index in [0.29, 0.717) is 5.88 Å². The number of rotatable bonds is 3. The number of aromatic hydroxyl groups is 1. The highest BCUT2D eigenvalue weighted by molar-refractivity contribution is 6.18. The lowest BCUT2D eigenvalue weighted by Crippen LogP contribution is -2.44. The summed E-state index contributed by atoms with van der Waals surface area (Å²) in [7, 11) is 0. The van der Waals surface area contributed by atoms with Crippen LogP contribution in [-0.2, 0) is 0 Å². The lowest BCUT2D eigenvalue weighted by atomic mass is 10.1. The topological polar surface area (TPSA) is 49.3 Å². The van der Waals surface area contributed by atoms with Gasteiger partial charge in [0, 0.05) is 11.4 Å². The third kappa shape index (κ3) is 3.14. The minimum Gasteiger partial charge on any atom is -0.507 e. The van der Waals surface area contributed by atoms with Crippen LogP contribution >= 0.6 is 11.6 Å². The molecule has 0 atom stereocenters. The molecule has 0 bridgehead atoms. The van der Waals surface area contributed by atoms with E-state index in [-0.39, 0.29) is 17.2 Å². The molecule has 0 fully saturated rings. The third-order valence-corrected chi connectivity index (χ3v) is 2.85. The number of carbonyl (C=O) groups is 1. The molecule has 0 saturated carbocycles. The number of nitrogens with one attached hydrogen (secondary N) is 1. The zero-order valence-corrected chi connectivity index (χ0v) is 10.4. The maximum atomic E-state index is 11.8. The molecule has 0 spiro atoms. The number of phenols is 1. The van der Waals surface area contributed by atoms with E-state index in [4.69, 9.17) is 11.6 Å². The van der Waals surface area contributed by atoms with Crippen LogP contribution in [0.3, 0.4) is 0 Å². The number of aryl methyl sites for hydroxylation is 1. The summed E-state index contributed by atoms with van der Waals surface area (Å²) in [5, 5.41) is 12.4. The second kappa shape index (κ2) is 4.74. The Hall–Kier alpha value is -1.22. The first-order valence-electron chi connectivity index (χ1n) is 5.04. The lowest BCUT2D eigenvalue weighted by molar-refractivity contribution is 0.0918. The second-order valence-corrected chi connectivity index (χ2v) is 4.76. The number of phenolic OH excluding ortho intramolecular Hbond substituents is 1. The van der Waals surface area contributed by atoms with Gasteiger partial charge in [0.15, 0.2) is 0 Å².